The van der Waals surface area contributed by atoms with Gasteiger partial charge in [-0.15, -0.1) is 11.3 Å². The van der Waals surface area contributed by atoms with E-state index in [2.05, 4.69) is 10.3 Å². The first kappa shape index (κ1) is 29.2. The van der Waals surface area contributed by atoms with Crippen molar-refractivity contribution in [1.29, 1.82) is 0 Å². The molecule has 1 heterocycles. The van der Waals surface area contributed by atoms with Gasteiger partial charge < -0.3 is 15.5 Å². The van der Waals surface area contributed by atoms with E-state index in [-0.39, 0.29) is 36.2 Å². The SMILES string of the molecule is CCC(C)CN(C[C@@H](O)[C@H](Cc1ccccc1)NC(=O)C[C@H](O)CC)S(=O)(=O)c1ccc2ncsc2c1. The van der Waals surface area contributed by atoms with Crippen molar-refractivity contribution in [2.45, 2.75) is 69.6 Å². The van der Waals surface area contributed by atoms with E-state index in [4.69, 9.17) is 0 Å². The van der Waals surface area contributed by atoms with Crippen LogP contribution in [0.15, 0.2) is 58.9 Å². The van der Waals surface area contributed by atoms with E-state index in [0.29, 0.717) is 12.8 Å². The average Bonchev–Trinajstić information content (AvgIpc) is 3.36. The number of nitrogens with one attached hydrogen (secondary N) is 1. The summed E-state index contributed by atoms with van der Waals surface area (Å²) in [7, 11) is -3.93. The average molecular weight is 548 g/mol. The lowest BCUT2D eigenvalue weighted by atomic mass is 10.00. The largest absolute Gasteiger partial charge is 0.393 e. The molecule has 0 radical (unpaired) electrons. The van der Waals surface area contributed by atoms with Crippen LogP contribution >= 0.6 is 11.3 Å². The Bertz CT molecular complexity index is 1250. The number of carbonyl (C=O) groups excluding carboxylic acids is 1. The highest BCUT2D eigenvalue weighted by Gasteiger charge is 2.32. The Hall–Kier alpha value is -2.37. The number of thiazole rings is 1. The lowest BCUT2D eigenvalue weighted by Crippen LogP contribution is -2.51. The van der Waals surface area contributed by atoms with Gasteiger partial charge in [-0.2, -0.15) is 4.31 Å². The van der Waals surface area contributed by atoms with Crippen LogP contribution in [-0.2, 0) is 21.2 Å². The molecule has 0 aliphatic carbocycles. The van der Waals surface area contributed by atoms with Gasteiger partial charge in [0.15, 0.2) is 0 Å². The third kappa shape index (κ3) is 8.05. The lowest BCUT2D eigenvalue weighted by Gasteiger charge is -2.31. The van der Waals surface area contributed by atoms with Crippen molar-refractivity contribution >= 4 is 37.5 Å². The van der Waals surface area contributed by atoms with Crippen molar-refractivity contribution in [1.82, 2.24) is 14.6 Å². The quantitative estimate of drug-likeness (QED) is 0.284. The fourth-order valence-electron chi connectivity index (χ4n) is 4.00. The summed E-state index contributed by atoms with van der Waals surface area (Å²) in [6.07, 6.45) is -0.509. The van der Waals surface area contributed by atoms with Crippen molar-refractivity contribution < 1.29 is 23.4 Å². The van der Waals surface area contributed by atoms with Crippen molar-refractivity contribution in [3.05, 3.63) is 59.6 Å². The van der Waals surface area contributed by atoms with Gasteiger partial charge in [0, 0.05) is 13.1 Å². The molecular weight excluding hydrogens is 510 g/mol. The maximum absolute atomic E-state index is 13.8. The van der Waals surface area contributed by atoms with Crippen LogP contribution in [0.3, 0.4) is 0 Å². The second-order valence-corrected chi connectivity index (χ2v) is 12.3. The molecule has 0 aliphatic rings. The van der Waals surface area contributed by atoms with Gasteiger partial charge in [0.2, 0.25) is 15.9 Å². The monoisotopic (exact) mass is 547 g/mol. The minimum atomic E-state index is -3.93. The number of nitrogens with zero attached hydrogens (tertiary/aromatic N) is 2. The van der Waals surface area contributed by atoms with Gasteiger partial charge in [-0.05, 0) is 42.5 Å². The molecule has 1 unspecified atom stereocenters. The Balaban J connectivity index is 1.88. The minimum Gasteiger partial charge on any atom is -0.393 e. The van der Waals surface area contributed by atoms with Crippen molar-refractivity contribution in [3.63, 3.8) is 0 Å². The molecule has 0 bridgehead atoms. The van der Waals surface area contributed by atoms with Gasteiger partial charge in [-0.3, -0.25) is 4.79 Å². The van der Waals surface area contributed by atoms with Gasteiger partial charge >= 0.3 is 0 Å². The fraction of sp³-hybridized carbons (Fsp3) is 0.481. The van der Waals surface area contributed by atoms with Crippen LogP contribution in [-0.4, -0.2) is 65.2 Å². The molecule has 8 nitrogen and oxygen atoms in total. The van der Waals surface area contributed by atoms with Crippen LogP contribution in [0.2, 0.25) is 0 Å². The van der Waals surface area contributed by atoms with E-state index in [1.54, 1.807) is 30.6 Å². The lowest BCUT2D eigenvalue weighted by molar-refractivity contribution is -0.124. The summed E-state index contributed by atoms with van der Waals surface area (Å²) >= 11 is 1.37. The molecule has 202 valence electrons. The van der Waals surface area contributed by atoms with Crippen LogP contribution in [0.1, 0.15) is 45.6 Å². The van der Waals surface area contributed by atoms with E-state index in [9.17, 15) is 23.4 Å². The molecule has 0 aliphatic heterocycles. The van der Waals surface area contributed by atoms with E-state index in [1.807, 2.05) is 44.2 Å². The highest BCUT2D eigenvalue weighted by atomic mass is 32.2. The number of rotatable bonds is 14. The Kier molecular flexibility index (Phi) is 10.6. The Labute approximate surface area is 223 Å². The van der Waals surface area contributed by atoms with E-state index in [1.165, 1.54) is 15.6 Å². The molecule has 0 fully saturated rings. The van der Waals surface area contributed by atoms with Crippen LogP contribution in [0.5, 0.6) is 0 Å². The van der Waals surface area contributed by atoms with Gasteiger partial charge in [0.25, 0.3) is 0 Å². The minimum absolute atomic E-state index is 0.0657. The molecule has 2 aromatic carbocycles. The Morgan fingerprint density at radius 2 is 1.81 bits per heavy atom. The normalized spacial score (nSPS) is 15.4. The highest BCUT2D eigenvalue weighted by Crippen LogP contribution is 2.25. The molecule has 1 amide bonds. The summed E-state index contributed by atoms with van der Waals surface area (Å²) in [5, 5.41) is 24.1. The molecule has 3 aromatic rings. The highest BCUT2D eigenvalue weighted by molar-refractivity contribution is 7.89. The van der Waals surface area contributed by atoms with Gasteiger partial charge in [0.1, 0.15) is 0 Å². The number of fused-ring (bicyclic) bond motifs is 1. The van der Waals surface area contributed by atoms with Gasteiger partial charge in [-0.25, -0.2) is 13.4 Å². The van der Waals surface area contributed by atoms with Gasteiger partial charge in [0.05, 0.1) is 45.3 Å². The Morgan fingerprint density at radius 1 is 1.08 bits per heavy atom. The number of aliphatic hydroxyl groups excluding tert-OH is 2. The zero-order chi connectivity index (χ0) is 27.0. The molecule has 3 N–H and O–H groups in total. The summed E-state index contributed by atoms with van der Waals surface area (Å²) in [6, 6.07) is 13.5. The third-order valence-corrected chi connectivity index (χ3v) is 9.16. The molecule has 0 spiro atoms. The van der Waals surface area contributed by atoms with E-state index in [0.717, 1.165) is 22.2 Å². The standard InChI is InChI=1S/C27H37N3O5S2/c1-4-19(3)16-30(37(34,35)22-11-12-23-26(15-22)36-18-28-23)17-25(32)24(13-20-9-7-6-8-10-20)29-27(33)14-21(31)5-2/h6-12,15,18-19,21,24-25,31-32H,4-5,13-14,16-17H2,1-3H3,(H,29,33)/t19?,21-,24+,25-/m1/s1. The van der Waals surface area contributed by atoms with Crippen LogP contribution in [0.4, 0.5) is 0 Å². The Morgan fingerprint density at radius 3 is 2.49 bits per heavy atom. The zero-order valence-corrected chi connectivity index (χ0v) is 23.2. The molecule has 0 saturated carbocycles. The molecule has 1 aromatic heterocycles. The first-order chi connectivity index (χ1) is 17.6. The first-order valence-corrected chi connectivity index (χ1v) is 15.0. The molecule has 4 atom stereocenters. The smallest absolute Gasteiger partial charge is 0.243 e. The summed E-state index contributed by atoms with van der Waals surface area (Å²) in [5.41, 5.74) is 3.31. The summed E-state index contributed by atoms with van der Waals surface area (Å²) in [6.45, 7) is 5.80. The number of carbonyl (C=O) groups is 1. The molecular formula is C27H37N3O5S2. The molecule has 10 heteroatoms. The topological polar surface area (TPSA) is 120 Å². The third-order valence-electron chi connectivity index (χ3n) is 6.54. The number of aromatic nitrogens is 1. The molecule has 0 saturated heterocycles. The van der Waals surface area contributed by atoms with Gasteiger partial charge in [-0.1, -0.05) is 57.5 Å². The number of aliphatic hydroxyl groups is 2. The zero-order valence-electron chi connectivity index (χ0n) is 21.6. The molecule has 3 rings (SSSR count). The predicted molar refractivity (Wildman–Crippen MR) is 147 cm³/mol. The summed E-state index contributed by atoms with van der Waals surface area (Å²) in [4.78, 5) is 17.0. The van der Waals surface area contributed by atoms with Crippen LogP contribution < -0.4 is 5.32 Å². The maximum Gasteiger partial charge on any atom is 0.243 e. The first-order valence-electron chi connectivity index (χ1n) is 12.7. The number of sulfonamides is 1. The van der Waals surface area contributed by atoms with Crippen LogP contribution in [0.25, 0.3) is 10.2 Å². The van der Waals surface area contributed by atoms with Crippen molar-refractivity contribution in [2.24, 2.45) is 5.92 Å². The second kappa shape index (κ2) is 13.4. The number of benzene rings is 2. The maximum atomic E-state index is 13.8. The number of hydrogen-bond acceptors (Lipinski definition) is 7. The van der Waals surface area contributed by atoms with E-state index >= 15 is 0 Å². The number of amides is 1. The van der Waals surface area contributed by atoms with Crippen molar-refractivity contribution in [2.75, 3.05) is 13.1 Å². The van der Waals surface area contributed by atoms with Crippen molar-refractivity contribution in [3.8, 4) is 0 Å². The molecule has 37 heavy (non-hydrogen) atoms. The second-order valence-electron chi connectivity index (χ2n) is 9.51. The fourth-order valence-corrected chi connectivity index (χ4v) is 6.40. The number of hydrogen-bond donors (Lipinski definition) is 3. The summed E-state index contributed by atoms with van der Waals surface area (Å²) in [5.74, 6) is -0.322. The van der Waals surface area contributed by atoms with E-state index < -0.39 is 28.3 Å². The van der Waals surface area contributed by atoms with Crippen LogP contribution in [0, 0.1) is 5.92 Å². The summed E-state index contributed by atoms with van der Waals surface area (Å²) < 4.78 is 29.6. The predicted octanol–water partition coefficient (Wildman–Crippen LogP) is 3.58.